The maximum atomic E-state index is 12.8. The molecule has 0 rings (SSSR count). The summed E-state index contributed by atoms with van der Waals surface area (Å²) >= 11 is 0. The van der Waals surface area contributed by atoms with E-state index in [9.17, 15) is 19.3 Å². The van der Waals surface area contributed by atoms with E-state index in [0.29, 0.717) is 12.8 Å². The van der Waals surface area contributed by atoms with E-state index in [-0.39, 0.29) is 18.4 Å². The van der Waals surface area contributed by atoms with Gasteiger partial charge in [-0.25, -0.2) is 9.59 Å². The monoisotopic (exact) mass is 421 g/mol. The van der Waals surface area contributed by atoms with Crippen LogP contribution in [0, 0.1) is 0 Å². The SMILES string of the molecule is CC(=C[C@@H](NC(=O)OC(C)(C)C)C(=O)O)CCCP(=O)(OC(C)C)OC(C)C. The van der Waals surface area contributed by atoms with Crippen molar-refractivity contribution < 1.29 is 33.0 Å². The van der Waals surface area contributed by atoms with Crippen LogP contribution in [0.3, 0.4) is 0 Å². The van der Waals surface area contributed by atoms with Crippen LogP contribution in [0.5, 0.6) is 0 Å². The first-order chi connectivity index (χ1) is 12.6. The Hall–Kier alpha value is -1.37. The molecule has 0 unspecified atom stereocenters. The second-order valence-electron chi connectivity index (χ2n) is 8.22. The van der Waals surface area contributed by atoms with Crippen LogP contribution in [-0.2, 0) is 23.1 Å². The van der Waals surface area contributed by atoms with Crippen molar-refractivity contribution in [3.8, 4) is 0 Å². The molecule has 0 aliphatic carbocycles. The third-order valence-electron chi connectivity index (χ3n) is 3.14. The first-order valence-electron chi connectivity index (χ1n) is 9.49. The number of allylic oxidation sites excluding steroid dienone is 1. The average molecular weight is 421 g/mol. The summed E-state index contributed by atoms with van der Waals surface area (Å²) in [6.07, 6.45) is 1.41. The lowest BCUT2D eigenvalue weighted by Crippen LogP contribution is -2.42. The second kappa shape index (κ2) is 11.6. The highest BCUT2D eigenvalue weighted by Crippen LogP contribution is 2.51. The summed E-state index contributed by atoms with van der Waals surface area (Å²) in [5, 5.41) is 11.6. The minimum atomic E-state index is -3.22. The third-order valence-corrected chi connectivity index (χ3v) is 5.49. The normalized spacial score (nSPS) is 14.3. The Balaban J connectivity index is 4.88. The summed E-state index contributed by atoms with van der Waals surface area (Å²) in [5.41, 5.74) is 0.0176. The Morgan fingerprint density at radius 2 is 1.61 bits per heavy atom. The molecule has 0 saturated heterocycles. The summed E-state index contributed by atoms with van der Waals surface area (Å²) < 4.78 is 28.9. The molecule has 1 atom stereocenters. The van der Waals surface area contributed by atoms with Crippen LogP contribution in [0.25, 0.3) is 0 Å². The molecule has 0 aliphatic heterocycles. The van der Waals surface area contributed by atoms with Gasteiger partial charge >= 0.3 is 19.7 Å². The highest BCUT2D eigenvalue weighted by molar-refractivity contribution is 7.53. The van der Waals surface area contributed by atoms with Crippen LogP contribution in [0.1, 0.15) is 68.2 Å². The van der Waals surface area contributed by atoms with Crippen LogP contribution >= 0.6 is 7.60 Å². The van der Waals surface area contributed by atoms with Crippen LogP contribution in [0.2, 0.25) is 0 Å². The number of rotatable bonds is 11. The fourth-order valence-electron chi connectivity index (χ4n) is 2.30. The minimum Gasteiger partial charge on any atom is -0.479 e. The zero-order valence-electron chi connectivity index (χ0n) is 18.3. The van der Waals surface area contributed by atoms with E-state index in [4.69, 9.17) is 13.8 Å². The highest BCUT2D eigenvalue weighted by atomic mass is 31.2. The van der Waals surface area contributed by atoms with E-state index in [1.54, 1.807) is 55.4 Å². The van der Waals surface area contributed by atoms with Gasteiger partial charge in [0.05, 0.1) is 18.4 Å². The number of carboxylic acid groups (broad SMARTS) is 1. The molecule has 0 spiro atoms. The molecule has 0 aromatic carbocycles. The molecule has 0 saturated carbocycles. The Labute approximate surface area is 168 Å². The number of hydrogen-bond donors (Lipinski definition) is 2. The lowest BCUT2D eigenvalue weighted by atomic mass is 10.1. The standard InChI is InChI=1S/C19H36NO7P/c1-13(2)26-28(24,27-14(3)4)11-9-10-15(5)12-16(17(21)22)20-18(23)25-19(6,7)8/h12-14,16H,9-11H2,1-8H3,(H,20,23)(H,21,22)/t16-/m1/s1. The number of carboxylic acids is 1. The van der Waals surface area contributed by atoms with Gasteiger partial charge in [0.2, 0.25) is 0 Å². The molecule has 28 heavy (non-hydrogen) atoms. The molecular weight excluding hydrogens is 385 g/mol. The molecule has 0 fully saturated rings. The molecule has 0 aromatic heterocycles. The number of alkyl carbamates (subject to hydrolysis) is 1. The zero-order valence-corrected chi connectivity index (χ0v) is 19.2. The molecular formula is C19H36NO7P. The van der Waals surface area contributed by atoms with Gasteiger partial charge in [-0.1, -0.05) is 11.6 Å². The maximum absolute atomic E-state index is 12.8. The topological polar surface area (TPSA) is 111 Å². The molecule has 2 N–H and O–H groups in total. The number of aliphatic carboxylic acids is 1. The van der Waals surface area contributed by atoms with E-state index in [1.165, 1.54) is 6.08 Å². The van der Waals surface area contributed by atoms with Gasteiger partial charge in [-0.3, -0.25) is 4.57 Å². The Bertz CT molecular complexity index is 580. The van der Waals surface area contributed by atoms with Crippen molar-refractivity contribution in [2.24, 2.45) is 0 Å². The van der Waals surface area contributed by atoms with Crippen molar-refractivity contribution >= 4 is 19.7 Å². The Kier molecular flexibility index (Phi) is 11.0. The van der Waals surface area contributed by atoms with Gasteiger partial charge in [0.1, 0.15) is 11.6 Å². The molecule has 0 radical (unpaired) electrons. The molecule has 0 aromatic rings. The van der Waals surface area contributed by atoms with Crippen molar-refractivity contribution in [2.75, 3.05) is 6.16 Å². The molecule has 0 aliphatic rings. The fraction of sp³-hybridized carbons (Fsp3) is 0.789. The van der Waals surface area contributed by atoms with E-state index in [2.05, 4.69) is 5.32 Å². The molecule has 164 valence electrons. The lowest BCUT2D eigenvalue weighted by Gasteiger charge is -2.23. The van der Waals surface area contributed by atoms with Crippen LogP contribution in [0.4, 0.5) is 4.79 Å². The summed E-state index contributed by atoms with van der Waals surface area (Å²) in [7, 11) is -3.22. The van der Waals surface area contributed by atoms with E-state index >= 15 is 0 Å². The molecule has 9 heteroatoms. The number of ether oxygens (including phenoxy) is 1. The fourth-order valence-corrected chi connectivity index (χ4v) is 4.39. The molecule has 1 amide bonds. The van der Waals surface area contributed by atoms with Gasteiger partial charge in [-0.05, 0) is 68.2 Å². The first kappa shape index (κ1) is 26.6. The Morgan fingerprint density at radius 1 is 1.11 bits per heavy atom. The van der Waals surface area contributed by atoms with Gasteiger partial charge in [-0.15, -0.1) is 0 Å². The van der Waals surface area contributed by atoms with Crippen LogP contribution in [0.15, 0.2) is 11.6 Å². The quantitative estimate of drug-likeness (QED) is 0.366. The largest absolute Gasteiger partial charge is 0.479 e. The van der Waals surface area contributed by atoms with Crippen molar-refractivity contribution in [3.63, 3.8) is 0 Å². The highest BCUT2D eigenvalue weighted by Gasteiger charge is 2.27. The summed E-state index contributed by atoms with van der Waals surface area (Å²) in [6.45, 7) is 14.0. The molecule has 8 nitrogen and oxygen atoms in total. The Morgan fingerprint density at radius 3 is 2.00 bits per heavy atom. The summed E-state index contributed by atoms with van der Waals surface area (Å²) in [4.78, 5) is 23.2. The molecule has 0 bridgehead atoms. The van der Waals surface area contributed by atoms with Crippen molar-refractivity contribution in [3.05, 3.63) is 11.6 Å². The van der Waals surface area contributed by atoms with Crippen molar-refractivity contribution in [1.29, 1.82) is 0 Å². The molecule has 0 heterocycles. The minimum absolute atomic E-state index is 0.226. The summed E-state index contributed by atoms with van der Waals surface area (Å²) in [5.74, 6) is -1.19. The van der Waals surface area contributed by atoms with Gasteiger partial charge in [0, 0.05) is 0 Å². The van der Waals surface area contributed by atoms with E-state index in [1.807, 2.05) is 0 Å². The van der Waals surface area contributed by atoms with Gasteiger partial charge in [0.15, 0.2) is 0 Å². The third kappa shape index (κ3) is 12.9. The van der Waals surface area contributed by atoms with Gasteiger partial charge < -0.3 is 24.2 Å². The van der Waals surface area contributed by atoms with Crippen LogP contribution in [-0.4, -0.2) is 47.2 Å². The number of carbonyl (C=O) groups is 2. The smallest absolute Gasteiger partial charge is 0.408 e. The number of hydrogen-bond acceptors (Lipinski definition) is 6. The van der Waals surface area contributed by atoms with Crippen LogP contribution < -0.4 is 5.32 Å². The number of carbonyl (C=O) groups excluding carboxylic acids is 1. The predicted molar refractivity (Wildman–Crippen MR) is 109 cm³/mol. The number of nitrogens with one attached hydrogen (secondary N) is 1. The predicted octanol–water partition coefficient (Wildman–Crippen LogP) is 4.73. The summed E-state index contributed by atoms with van der Waals surface area (Å²) in [6, 6.07) is -1.21. The maximum Gasteiger partial charge on any atom is 0.408 e. The lowest BCUT2D eigenvalue weighted by molar-refractivity contribution is -0.138. The van der Waals surface area contributed by atoms with Gasteiger partial charge in [-0.2, -0.15) is 0 Å². The number of amides is 1. The van der Waals surface area contributed by atoms with Gasteiger partial charge in [0.25, 0.3) is 0 Å². The van der Waals surface area contributed by atoms with E-state index in [0.717, 1.165) is 5.57 Å². The van der Waals surface area contributed by atoms with Crippen molar-refractivity contribution in [1.82, 2.24) is 5.32 Å². The van der Waals surface area contributed by atoms with E-state index < -0.39 is 31.3 Å². The first-order valence-corrected chi connectivity index (χ1v) is 11.2. The average Bonchev–Trinajstić information content (AvgIpc) is 2.41. The zero-order chi connectivity index (χ0) is 22.1. The van der Waals surface area contributed by atoms with Crippen molar-refractivity contribution in [2.45, 2.75) is 92.1 Å². The second-order valence-corrected chi connectivity index (χ2v) is 10.3.